The Morgan fingerprint density at radius 3 is 2.67 bits per heavy atom. The summed E-state index contributed by atoms with van der Waals surface area (Å²) in [5.74, 6) is 0.513. The van der Waals surface area contributed by atoms with Crippen LogP contribution in [0.1, 0.15) is 12.5 Å². The number of carbonyl (C=O) groups excluding carboxylic acids is 1. The molecular formula is C15H14O3S3. The van der Waals surface area contributed by atoms with E-state index in [0.717, 1.165) is 20.4 Å². The van der Waals surface area contributed by atoms with Gasteiger partial charge in [0.2, 0.25) is 0 Å². The lowest BCUT2D eigenvalue weighted by molar-refractivity contribution is -0.137. The van der Waals surface area contributed by atoms with Crippen molar-refractivity contribution < 1.29 is 14.3 Å². The Morgan fingerprint density at radius 2 is 2.05 bits per heavy atom. The molecule has 3 nitrogen and oxygen atoms in total. The fourth-order valence-electron chi connectivity index (χ4n) is 1.57. The summed E-state index contributed by atoms with van der Waals surface area (Å²) >= 11 is 8.28. The van der Waals surface area contributed by atoms with E-state index in [1.54, 1.807) is 19.4 Å². The van der Waals surface area contributed by atoms with Gasteiger partial charge in [0, 0.05) is 4.86 Å². The van der Waals surface area contributed by atoms with Gasteiger partial charge in [0.15, 0.2) is 0 Å². The van der Waals surface area contributed by atoms with Gasteiger partial charge in [0.05, 0.1) is 18.0 Å². The van der Waals surface area contributed by atoms with Gasteiger partial charge in [-0.15, -0.1) is 0 Å². The first-order valence-corrected chi connectivity index (χ1v) is 8.36. The number of rotatable bonds is 5. The zero-order valence-electron chi connectivity index (χ0n) is 11.6. The van der Waals surface area contributed by atoms with Crippen LogP contribution in [-0.2, 0) is 9.53 Å². The van der Waals surface area contributed by atoms with E-state index in [2.05, 4.69) is 0 Å². The van der Waals surface area contributed by atoms with E-state index in [1.165, 1.54) is 23.5 Å². The molecule has 110 valence electrons. The summed E-state index contributed by atoms with van der Waals surface area (Å²) in [5, 5.41) is 1.80. The zero-order valence-corrected chi connectivity index (χ0v) is 14.1. The van der Waals surface area contributed by atoms with Crippen LogP contribution in [0.3, 0.4) is 0 Å². The van der Waals surface area contributed by atoms with Gasteiger partial charge in [-0.05, 0) is 48.2 Å². The Hall–Kier alpha value is -1.24. The molecule has 0 aromatic heterocycles. The summed E-state index contributed by atoms with van der Waals surface area (Å²) in [4.78, 5) is 12.9. The number of ether oxygens (including phenoxy) is 2. The highest BCUT2D eigenvalue weighted by molar-refractivity contribution is 8.28. The van der Waals surface area contributed by atoms with Gasteiger partial charge in [0.1, 0.15) is 10.7 Å². The zero-order chi connectivity index (χ0) is 15.2. The standard InChI is InChI=1S/C15H14O3S3/c1-3-18-15(16)13-9-20-14(21-13)8-12(19)10-4-6-11(17-2)7-5-10/h4-9H,3H2,1-2H3/b14-8+. The predicted octanol–water partition coefficient (Wildman–Crippen LogP) is 4.14. The molecule has 0 N–H and O–H groups in total. The lowest BCUT2D eigenvalue weighted by Crippen LogP contribution is -2.03. The van der Waals surface area contributed by atoms with Gasteiger partial charge >= 0.3 is 5.97 Å². The largest absolute Gasteiger partial charge is 0.497 e. The van der Waals surface area contributed by atoms with Crippen molar-refractivity contribution >= 4 is 46.6 Å². The molecule has 0 bridgehead atoms. The van der Waals surface area contributed by atoms with Gasteiger partial charge in [-0.25, -0.2) is 4.79 Å². The number of benzene rings is 1. The molecule has 1 aromatic carbocycles. The predicted molar refractivity (Wildman–Crippen MR) is 92.7 cm³/mol. The van der Waals surface area contributed by atoms with Crippen LogP contribution in [0.25, 0.3) is 0 Å². The highest BCUT2D eigenvalue weighted by Gasteiger charge is 2.20. The smallest absolute Gasteiger partial charge is 0.345 e. The number of hydrogen-bond acceptors (Lipinski definition) is 6. The third-order valence-corrected chi connectivity index (χ3v) is 5.16. The minimum Gasteiger partial charge on any atom is -0.497 e. The molecule has 1 aliphatic rings. The second-order valence-electron chi connectivity index (χ2n) is 3.98. The number of esters is 1. The quantitative estimate of drug-likeness (QED) is 0.347. The van der Waals surface area contributed by atoms with Crippen LogP contribution in [0.4, 0.5) is 0 Å². The second-order valence-corrected chi connectivity index (χ2v) is 6.67. The van der Waals surface area contributed by atoms with Crippen LogP contribution in [0.5, 0.6) is 5.75 Å². The van der Waals surface area contributed by atoms with Crippen molar-refractivity contribution in [2.24, 2.45) is 0 Å². The summed E-state index contributed by atoms with van der Waals surface area (Å²) < 4.78 is 11.1. The van der Waals surface area contributed by atoms with Crippen molar-refractivity contribution in [1.82, 2.24) is 0 Å². The lowest BCUT2D eigenvalue weighted by Gasteiger charge is -2.03. The molecule has 0 saturated heterocycles. The average molecular weight is 338 g/mol. The molecular weight excluding hydrogens is 324 g/mol. The van der Waals surface area contributed by atoms with E-state index in [9.17, 15) is 4.79 Å². The molecule has 0 spiro atoms. The van der Waals surface area contributed by atoms with Crippen LogP contribution >= 0.6 is 35.7 Å². The SMILES string of the molecule is CCOC(=O)C1=CS/C(=C\C(=S)c2ccc(OC)cc2)S1. The van der Waals surface area contributed by atoms with Crippen LogP contribution in [0, 0.1) is 0 Å². The van der Waals surface area contributed by atoms with Gasteiger partial charge in [-0.1, -0.05) is 35.7 Å². The molecule has 0 saturated carbocycles. The topological polar surface area (TPSA) is 35.5 Å². The second kappa shape index (κ2) is 7.68. The number of allylic oxidation sites excluding steroid dienone is 1. The Bertz CT molecular complexity index is 603. The summed E-state index contributed by atoms with van der Waals surface area (Å²) in [6.45, 7) is 2.17. The number of thiocarbonyl (C=S) groups is 1. The molecule has 1 aromatic rings. The summed E-state index contributed by atoms with van der Waals surface area (Å²) in [7, 11) is 1.63. The molecule has 0 amide bonds. The lowest BCUT2D eigenvalue weighted by atomic mass is 10.1. The van der Waals surface area contributed by atoms with Crippen LogP contribution < -0.4 is 4.74 Å². The Balaban J connectivity index is 2.01. The summed E-state index contributed by atoms with van der Waals surface area (Å²) in [5.41, 5.74) is 0.948. The van der Waals surface area contributed by atoms with Crippen molar-refractivity contribution in [2.45, 2.75) is 6.92 Å². The molecule has 21 heavy (non-hydrogen) atoms. The molecule has 0 unspecified atom stereocenters. The number of methoxy groups -OCH3 is 1. The molecule has 1 heterocycles. The highest BCUT2D eigenvalue weighted by atomic mass is 32.2. The molecule has 6 heteroatoms. The van der Waals surface area contributed by atoms with Gasteiger partial charge < -0.3 is 9.47 Å². The van der Waals surface area contributed by atoms with E-state index in [0.29, 0.717) is 11.5 Å². The van der Waals surface area contributed by atoms with Crippen LogP contribution in [-0.4, -0.2) is 24.6 Å². The molecule has 0 atom stereocenters. The Labute approximate surface area is 137 Å². The van der Waals surface area contributed by atoms with Gasteiger partial charge in [0.25, 0.3) is 0 Å². The van der Waals surface area contributed by atoms with E-state index in [-0.39, 0.29) is 5.97 Å². The van der Waals surface area contributed by atoms with Crippen molar-refractivity contribution in [3.63, 3.8) is 0 Å². The first-order chi connectivity index (χ1) is 10.1. The van der Waals surface area contributed by atoms with Crippen molar-refractivity contribution in [2.75, 3.05) is 13.7 Å². The number of hydrogen-bond donors (Lipinski definition) is 0. The van der Waals surface area contributed by atoms with Crippen LogP contribution in [0.2, 0.25) is 0 Å². The minimum absolute atomic E-state index is 0.284. The maximum Gasteiger partial charge on any atom is 0.345 e. The highest BCUT2D eigenvalue weighted by Crippen LogP contribution is 2.44. The summed E-state index contributed by atoms with van der Waals surface area (Å²) in [6, 6.07) is 7.58. The molecule has 0 fully saturated rings. The molecule has 1 aliphatic heterocycles. The van der Waals surface area contributed by atoms with Crippen molar-refractivity contribution in [1.29, 1.82) is 0 Å². The maximum atomic E-state index is 11.6. The average Bonchev–Trinajstić information content (AvgIpc) is 2.96. The third-order valence-electron chi connectivity index (χ3n) is 2.59. The van der Waals surface area contributed by atoms with Crippen molar-refractivity contribution in [3.8, 4) is 5.75 Å². The minimum atomic E-state index is -0.284. The number of thioether (sulfide) groups is 2. The van der Waals surface area contributed by atoms with E-state index in [4.69, 9.17) is 21.7 Å². The van der Waals surface area contributed by atoms with Crippen LogP contribution in [0.15, 0.2) is 44.9 Å². The fraction of sp³-hybridized carbons (Fsp3) is 0.200. The Morgan fingerprint density at radius 1 is 1.33 bits per heavy atom. The maximum absolute atomic E-state index is 11.6. The van der Waals surface area contributed by atoms with Gasteiger partial charge in [-0.3, -0.25) is 0 Å². The monoisotopic (exact) mass is 338 g/mol. The normalized spacial score (nSPS) is 15.7. The Kier molecular flexibility index (Phi) is 5.90. The van der Waals surface area contributed by atoms with E-state index in [1.807, 2.05) is 30.3 Å². The van der Waals surface area contributed by atoms with Crippen molar-refractivity contribution in [3.05, 3.63) is 50.5 Å². The molecule has 2 rings (SSSR count). The first kappa shape index (κ1) is 16.1. The van der Waals surface area contributed by atoms with Gasteiger partial charge in [-0.2, -0.15) is 0 Å². The summed E-state index contributed by atoms with van der Waals surface area (Å²) in [6.07, 6.45) is 1.90. The van der Waals surface area contributed by atoms with E-state index < -0.39 is 0 Å². The third kappa shape index (κ3) is 4.36. The fourth-order valence-corrected chi connectivity index (χ4v) is 3.96. The molecule has 0 radical (unpaired) electrons. The number of carbonyl (C=O) groups is 1. The first-order valence-electron chi connectivity index (χ1n) is 6.26. The van der Waals surface area contributed by atoms with E-state index >= 15 is 0 Å². The molecule has 0 aliphatic carbocycles.